The number of fused-ring (bicyclic) bond motifs is 1. The largest absolute Gasteiger partial charge is 0.449 e. The number of amides is 3. The third kappa shape index (κ3) is 5.02. The van der Waals surface area contributed by atoms with Gasteiger partial charge in [0.25, 0.3) is 0 Å². The smallest absolute Gasteiger partial charge is 0.426 e. The second kappa shape index (κ2) is 7.64. The lowest BCUT2D eigenvalue weighted by atomic mass is 10.1. The summed E-state index contributed by atoms with van der Waals surface area (Å²) in [4.78, 5) is 35.2. The molecule has 3 amide bonds. The number of halogens is 3. The highest BCUT2D eigenvalue weighted by molar-refractivity contribution is 8.01. The first-order valence-corrected chi connectivity index (χ1v) is 7.99. The maximum Gasteiger partial charge on any atom is 0.426 e. The van der Waals surface area contributed by atoms with Crippen LogP contribution in [0, 0.1) is 0 Å². The number of hydrogen-bond donors (Lipinski definition) is 3. The summed E-state index contributed by atoms with van der Waals surface area (Å²) in [6.07, 6.45) is -5.63. The average Bonchev–Trinajstić information content (AvgIpc) is 2.52. The zero-order valence-electron chi connectivity index (χ0n) is 12.9. The van der Waals surface area contributed by atoms with Gasteiger partial charge in [0.1, 0.15) is 0 Å². The minimum atomic E-state index is -4.51. The number of thioether (sulfide) groups is 1. The van der Waals surface area contributed by atoms with Crippen LogP contribution < -0.4 is 16.2 Å². The molecule has 1 aliphatic heterocycles. The lowest BCUT2D eigenvalue weighted by Gasteiger charge is -2.24. The van der Waals surface area contributed by atoms with Crippen molar-refractivity contribution in [3.63, 3.8) is 0 Å². The predicted octanol–water partition coefficient (Wildman–Crippen LogP) is 2.29. The number of anilines is 1. The number of ether oxygens (including phenoxy) is 1. The van der Waals surface area contributed by atoms with Crippen molar-refractivity contribution in [2.24, 2.45) is 0 Å². The molecule has 11 heteroatoms. The third-order valence-corrected chi connectivity index (χ3v) is 4.35. The fraction of sp³-hybridized carbons (Fsp3) is 0.357. The lowest BCUT2D eigenvalue weighted by Crippen LogP contribution is -2.44. The van der Waals surface area contributed by atoms with Crippen molar-refractivity contribution in [3.8, 4) is 0 Å². The van der Waals surface area contributed by atoms with Gasteiger partial charge in [0.15, 0.2) is 0 Å². The van der Waals surface area contributed by atoms with Gasteiger partial charge in [0, 0.05) is 11.3 Å². The van der Waals surface area contributed by atoms with Gasteiger partial charge < -0.3 is 10.1 Å². The molecule has 0 radical (unpaired) electrons. The van der Waals surface area contributed by atoms with Gasteiger partial charge in [-0.15, -0.1) is 11.8 Å². The summed E-state index contributed by atoms with van der Waals surface area (Å²) in [6.45, 7) is 1.71. The molecule has 1 aliphatic rings. The molecule has 2 rings (SSSR count). The maximum atomic E-state index is 12.7. The first-order chi connectivity index (χ1) is 11.7. The van der Waals surface area contributed by atoms with Crippen LogP contribution in [0.3, 0.4) is 0 Å². The summed E-state index contributed by atoms with van der Waals surface area (Å²) in [7, 11) is 0. The normalized spacial score (nSPS) is 16.5. The van der Waals surface area contributed by atoms with Crippen LogP contribution in [0.15, 0.2) is 23.1 Å². The van der Waals surface area contributed by atoms with E-state index >= 15 is 0 Å². The second-order valence-corrected chi connectivity index (χ2v) is 6.15. The van der Waals surface area contributed by atoms with Crippen molar-refractivity contribution in [2.45, 2.75) is 29.7 Å². The Bertz CT molecular complexity index is 696. The minimum Gasteiger partial charge on any atom is -0.449 e. The number of hydrazine groups is 1. The Morgan fingerprint density at radius 3 is 2.68 bits per heavy atom. The molecule has 3 N–H and O–H groups in total. The molecule has 0 aromatic heterocycles. The second-order valence-electron chi connectivity index (χ2n) is 4.90. The zero-order valence-corrected chi connectivity index (χ0v) is 13.7. The topological polar surface area (TPSA) is 96.5 Å². The number of carbonyl (C=O) groups excluding carboxylic acids is 3. The van der Waals surface area contributed by atoms with Crippen LogP contribution >= 0.6 is 11.8 Å². The van der Waals surface area contributed by atoms with E-state index in [9.17, 15) is 27.6 Å². The quantitative estimate of drug-likeness (QED) is 0.703. The van der Waals surface area contributed by atoms with Crippen LogP contribution in [-0.2, 0) is 20.5 Å². The first-order valence-electron chi connectivity index (χ1n) is 7.11. The number of rotatable bonds is 3. The van der Waals surface area contributed by atoms with Crippen LogP contribution in [0.1, 0.15) is 18.9 Å². The highest BCUT2D eigenvalue weighted by Crippen LogP contribution is 2.40. The van der Waals surface area contributed by atoms with Crippen LogP contribution in [0.2, 0.25) is 0 Å². The molecule has 1 aromatic rings. The third-order valence-electron chi connectivity index (χ3n) is 3.08. The van der Waals surface area contributed by atoms with E-state index in [1.54, 1.807) is 6.92 Å². The summed E-state index contributed by atoms with van der Waals surface area (Å²) in [5.41, 5.74) is 3.26. The fourth-order valence-corrected chi connectivity index (χ4v) is 3.06. The van der Waals surface area contributed by atoms with Gasteiger partial charge in [0.05, 0.1) is 23.1 Å². The molecule has 0 saturated heterocycles. The van der Waals surface area contributed by atoms with E-state index in [-0.39, 0.29) is 18.7 Å². The Morgan fingerprint density at radius 1 is 1.32 bits per heavy atom. The summed E-state index contributed by atoms with van der Waals surface area (Å²) in [5, 5.41) is 1.52. The van der Waals surface area contributed by atoms with Crippen molar-refractivity contribution >= 4 is 35.4 Å². The molecule has 0 aliphatic carbocycles. The van der Waals surface area contributed by atoms with Crippen molar-refractivity contribution in [2.75, 3.05) is 11.9 Å². The fourth-order valence-electron chi connectivity index (χ4n) is 1.97. The molecule has 0 bridgehead atoms. The Labute approximate surface area is 144 Å². The molecule has 7 nitrogen and oxygen atoms in total. The van der Waals surface area contributed by atoms with Crippen molar-refractivity contribution < 1.29 is 32.3 Å². The van der Waals surface area contributed by atoms with E-state index in [1.807, 2.05) is 5.43 Å². The molecular formula is C14H14F3N3O4S. The first kappa shape index (κ1) is 18.9. The van der Waals surface area contributed by atoms with Gasteiger partial charge in [-0.05, 0) is 25.1 Å². The van der Waals surface area contributed by atoms with E-state index < -0.39 is 34.9 Å². The zero-order chi connectivity index (χ0) is 18.6. The average molecular weight is 377 g/mol. The van der Waals surface area contributed by atoms with E-state index in [0.29, 0.717) is 4.90 Å². The highest BCUT2D eigenvalue weighted by Gasteiger charge is 2.34. The van der Waals surface area contributed by atoms with Crippen LogP contribution in [0.25, 0.3) is 0 Å². The summed E-state index contributed by atoms with van der Waals surface area (Å²) in [5.74, 6) is -1.24. The Balaban J connectivity index is 1.98. The van der Waals surface area contributed by atoms with E-state index in [4.69, 9.17) is 0 Å². The molecule has 1 atom stereocenters. The highest BCUT2D eigenvalue weighted by atomic mass is 32.2. The molecule has 0 saturated carbocycles. The van der Waals surface area contributed by atoms with Gasteiger partial charge in [0.2, 0.25) is 11.8 Å². The Morgan fingerprint density at radius 2 is 2.04 bits per heavy atom. The van der Waals surface area contributed by atoms with Crippen molar-refractivity contribution in [1.29, 1.82) is 0 Å². The number of benzene rings is 1. The maximum absolute atomic E-state index is 12.7. The van der Waals surface area contributed by atoms with Crippen LogP contribution in [0.4, 0.5) is 23.7 Å². The Hall–Kier alpha value is -2.43. The van der Waals surface area contributed by atoms with Gasteiger partial charge in [-0.3, -0.25) is 15.0 Å². The Kier molecular flexibility index (Phi) is 5.77. The van der Waals surface area contributed by atoms with E-state index in [2.05, 4.69) is 15.5 Å². The molecule has 1 heterocycles. The van der Waals surface area contributed by atoms with Gasteiger partial charge >= 0.3 is 12.3 Å². The number of alkyl halides is 3. The molecule has 136 valence electrons. The van der Waals surface area contributed by atoms with Gasteiger partial charge in [-0.1, -0.05) is 0 Å². The van der Waals surface area contributed by atoms with Crippen molar-refractivity contribution in [1.82, 2.24) is 10.9 Å². The summed E-state index contributed by atoms with van der Waals surface area (Å²) in [6, 6.07) is 2.99. The lowest BCUT2D eigenvalue weighted by molar-refractivity contribution is -0.137. The molecule has 0 unspecified atom stereocenters. The predicted molar refractivity (Wildman–Crippen MR) is 82.6 cm³/mol. The number of nitrogens with one attached hydrogen (secondary N) is 3. The summed E-state index contributed by atoms with van der Waals surface area (Å²) >= 11 is 0.973. The van der Waals surface area contributed by atoms with Crippen LogP contribution in [-0.4, -0.2) is 29.8 Å². The number of hydrogen-bond acceptors (Lipinski definition) is 5. The summed E-state index contributed by atoms with van der Waals surface area (Å²) < 4.78 is 42.6. The molecule has 0 spiro atoms. The van der Waals surface area contributed by atoms with Gasteiger partial charge in [-0.25, -0.2) is 10.2 Å². The SMILES string of the molecule is CCOC(=O)NNC(=O)C[C@H]1Sc2ccc(C(F)(F)F)cc2NC1=O. The molecule has 25 heavy (non-hydrogen) atoms. The molecular weight excluding hydrogens is 363 g/mol. The van der Waals surface area contributed by atoms with E-state index in [0.717, 1.165) is 23.9 Å². The minimum absolute atomic E-state index is 0.0473. The molecule has 0 fully saturated rings. The van der Waals surface area contributed by atoms with E-state index in [1.165, 1.54) is 6.07 Å². The van der Waals surface area contributed by atoms with Crippen LogP contribution in [0.5, 0.6) is 0 Å². The van der Waals surface area contributed by atoms with Crippen molar-refractivity contribution in [3.05, 3.63) is 23.8 Å². The standard InChI is InChI=1S/C14H14F3N3O4S/c1-2-24-13(23)20-19-11(21)6-10-12(22)18-8-5-7(14(15,16)17)3-4-9(8)25-10/h3-5,10H,2,6H2,1H3,(H,18,22)(H,19,21)(H,20,23)/t10-/m1/s1. The monoisotopic (exact) mass is 377 g/mol. The molecule has 1 aromatic carbocycles. The van der Waals surface area contributed by atoms with Gasteiger partial charge in [-0.2, -0.15) is 13.2 Å². The number of carbonyl (C=O) groups is 3.